The average molecular weight is 430 g/mol. The summed E-state index contributed by atoms with van der Waals surface area (Å²) in [6.45, 7) is 4.65. The molecule has 2 aromatic carbocycles. The lowest BCUT2D eigenvalue weighted by atomic mass is 10.1. The summed E-state index contributed by atoms with van der Waals surface area (Å²) in [4.78, 5) is 26.8. The minimum Gasteiger partial charge on any atom is -0.326 e. The van der Waals surface area contributed by atoms with Crippen LogP contribution in [0.5, 0.6) is 0 Å². The molecule has 0 unspecified atom stereocenters. The highest BCUT2D eigenvalue weighted by Crippen LogP contribution is 2.26. The summed E-state index contributed by atoms with van der Waals surface area (Å²) in [6.07, 6.45) is 1.77. The van der Waals surface area contributed by atoms with Gasteiger partial charge in [0, 0.05) is 30.9 Å². The SMILES string of the molecule is CCCNS(=O)(=O)c1ccc(NC(=O)[C@@H]2CC(=O)N(c3ccc(CC)cc3)C2)cc1. The molecule has 2 N–H and O–H groups in total. The van der Waals surface area contributed by atoms with Crippen LogP contribution in [-0.4, -0.2) is 33.3 Å². The van der Waals surface area contributed by atoms with Gasteiger partial charge in [-0.25, -0.2) is 13.1 Å². The fraction of sp³-hybridized carbons (Fsp3) is 0.364. The Balaban J connectivity index is 1.62. The van der Waals surface area contributed by atoms with E-state index in [-0.39, 0.29) is 23.1 Å². The Bertz CT molecular complexity index is 1000. The largest absolute Gasteiger partial charge is 0.326 e. The van der Waals surface area contributed by atoms with Crippen molar-refractivity contribution in [3.8, 4) is 0 Å². The Morgan fingerprint density at radius 2 is 1.73 bits per heavy atom. The molecule has 0 bridgehead atoms. The number of anilines is 2. The normalized spacial score (nSPS) is 16.7. The second kappa shape index (κ2) is 9.40. The highest BCUT2D eigenvalue weighted by Gasteiger charge is 2.35. The number of rotatable bonds is 8. The van der Waals surface area contributed by atoms with Crippen LogP contribution < -0.4 is 14.9 Å². The molecule has 7 nitrogen and oxygen atoms in total. The molecule has 1 atom stereocenters. The van der Waals surface area contributed by atoms with Crippen molar-refractivity contribution in [3.63, 3.8) is 0 Å². The van der Waals surface area contributed by atoms with E-state index in [4.69, 9.17) is 0 Å². The van der Waals surface area contributed by atoms with Gasteiger partial charge in [-0.05, 0) is 54.8 Å². The minimum atomic E-state index is -3.55. The first kappa shape index (κ1) is 22.0. The maximum atomic E-state index is 12.6. The van der Waals surface area contributed by atoms with Crippen LogP contribution in [0.1, 0.15) is 32.3 Å². The van der Waals surface area contributed by atoms with Crippen molar-refractivity contribution in [1.82, 2.24) is 4.72 Å². The number of carbonyl (C=O) groups excluding carboxylic acids is 2. The van der Waals surface area contributed by atoms with Gasteiger partial charge in [0.2, 0.25) is 21.8 Å². The second-order valence-corrected chi connectivity index (χ2v) is 9.10. The molecule has 1 aliphatic heterocycles. The topological polar surface area (TPSA) is 95.6 Å². The van der Waals surface area contributed by atoms with Gasteiger partial charge in [0.1, 0.15) is 0 Å². The Hall–Kier alpha value is -2.71. The van der Waals surface area contributed by atoms with Crippen molar-refractivity contribution < 1.29 is 18.0 Å². The standard InChI is InChI=1S/C22H27N3O4S/c1-3-13-23-30(28,29)20-11-7-18(8-12-20)24-22(27)17-14-21(26)25(15-17)19-9-5-16(4-2)6-10-19/h5-12,17,23H,3-4,13-15H2,1-2H3,(H,24,27)/t17-/m1/s1. The van der Waals surface area contributed by atoms with Crippen LogP contribution in [0.3, 0.4) is 0 Å². The lowest BCUT2D eigenvalue weighted by Gasteiger charge is -2.17. The molecule has 2 aromatic rings. The third-order valence-corrected chi connectivity index (χ3v) is 6.60. The zero-order valence-electron chi connectivity index (χ0n) is 17.2. The van der Waals surface area contributed by atoms with Crippen molar-refractivity contribution in [1.29, 1.82) is 0 Å². The highest BCUT2D eigenvalue weighted by atomic mass is 32.2. The lowest BCUT2D eigenvalue weighted by molar-refractivity contribution is -0.122. The number of nitrogens with zero attached hydrogens (tertiary/aromatic N) is 1. The first-order valence-corrected chi connectivity index (χ1v) is 11.6. The fourth-order valence-electron chi connectivity index (χ4n) is 3.33. The molecule has 0 radical (unpaired) electrons. The highest BCUT2D eigenvalue weighted by molar-refractivity contribution is 7.89. The van der Waals surface area contributed by atoms with Gasteiger partial charge in [-0.15, -0.1) is 0 Å². The number of aryl methyl sites for hydroxylation is 1. The molecule has 0 spiro atoms. The molecule has 30 heavy (non-hydrogen) atoms. The maximum Gasteiger partial charge on any atom is 0.240 e. The summed E-state index contributed by atoms with van der Waals surface area (Å²) in [6, 6.07) is 13.8. The fourth-order valence-corrected chi connectivity index (χ4v) is 4.46. The predicted molar refractivity (Wildman–Crippen MR) is 117 cm³/mol. The summed E-state index contributed by atoms with van der Waals surface area (Å²) in [7, 11) is -3.55. The van der Waals surface area contributed by atoms with E-state index in [1.165, 1.54) is 17.7 Å². The van der Waals surface area contributed by atoms with Crippen molar-refractivity contribution >= 4 is 33.2 Å². The quantitative estimate of drug-likeness (QED) is 0.674. The Morgan fingerprint density at radius 3 is 2.33 bits per heavy atom. The molecule has 0 saturated carbocycles. The molecule has 160 valence electrons. The van der Waals surface area contributed by atoms with E-state index in [1.54, 1.807) is 17.0 Å². The van der Waals surface area contributed by atoms with Crippen molar-refractivity contribution in [2.24, 2.45) is 5.92 Å². The Labute approximate surface area is 177 Å². The monoisotopic (exact) mass is 429 g/mol. The van der Waals surface area contributed by atoms with E-state index in [1.807, 2.05) is 31.2 Å². The van der Waals surface area contributed by atoms with Crippen molar-refractivity contribution in [2.75, 3.05) is 23.3 Å². The average Bonchev–Trinajstić information content (AvgIpc) is 3.14. The number of hydrogen-bond acceptors (Lipinski definition) is 4. The van der Waals surface area contributed by atoms with E-state index in [9.17, 15) is 18.0 Å². The van der Waals surface area contributed by atoms with Crippen LogP contribution in [0.25, 0.3) is 0 Å². The Kier molecular flexibility index (Phi) is 6.89. The van der Waals surface area contributed by atoms with Crippen LogP contribution >= 0.6 is 0 Å². The number of amides is 2. The van der Waals surface area contributed by atoms with Crippen LogP contribution in [0.4, 0.5) is 11.4 Å². The van der Waals surface area contributed by atoms with Gasteiger partial charge >= 0.3 is 0 Å². The maximum absolute atomic E-state index is 12.6. The molecule has 0 aromatic heterocycles. The van der Waals surface area contributed by atoms with Gasteiger partial charge in [-0.1, -0.05) is 26.0 Å². The molecule has 1 aliphatic rings. The number of benzene rings is 2. The third-order valence-electron chi connectivity index (χ3n) is 5.13. The first-order valence-electron chi connectivity index (χ1n) is 10.1. The summed E-state index contributed by atoms with van der Waals surface area (Å²) >= 11 is 0. The van der Waals surface area contributed by atoms with Gasteiger partial charge in [0.05, 0.1) is 10.8 Å². The number of sulfonamides is 1. The lowest BCUT2D eigenvalue weighted by Crippen LogP contribution is -2.28. The number of nitrogens with one attached hydrogen (secondary N) is 2. The van der Waals surface area contributed by atoms with Gasteiger partial charge < -0.3 is 10.2 Å². The van der Waals surface area contributed by atoms with Gasteiger partial charge in [-0.2, -0.15) is 0 Å². The molecule has 1 fully saturated rings. The second-order valence-electron chi connectivity index (χ2n) is 7.34. The van der Waals surface area contributed by atoms with Gasteiger partial charge in [0.25, 0.3) is 0 Å². The smallest absolute Gasteiger partial charge is 0.240 e. The molecule has 1 saturated heterocycles. The summed E-state index contributed by atoms with van der Waals surface area (Å²) in [5.74, 6) is -0.795. The van der Waals surface area contributed by atoms with E-state index < -0.39 is 15.9 Å². The van der Waals surface area contributed by atoms with Gasteiger partial charge in [-0.3, -0.25) is 9.59 Å². The zero-order chi connectivity index (χ0) is 21.7. The van der Waals surface area contributed by atoms with Gasteiger partial charge in [0.15, 0.2) is 0 Å². The van der Waals surface area contributed by atoms with Crippen LogP contribution in [-0.2, 0) is 26.0 Å². The number of hydrogen-bond donors (Lipinski definition) is 2. The molecule has 3 rings (SSSR count). The van der Waals surface area contributed by atoms with Crippen LogP contribution in [0, 0.1) is 5.92 Å². The van der Waals surface area contributed by atoms with E-state index >= 15 is 0 Å². The van der Waals surface area contributed by atoms with Crippen molar-refractivity contribution in [2.45, 2.75) is 38.0 Å². The molecule has 1 heterocycles. The summed E-state index contributed by atoms with van der Waals surface area (Å²) < 4.78 is 26.8. The Morgan fingerprint density at radius 1 is 1.07 bits per heavy atom. The van der Waals surface area contributed by atoms with E-state index in [0.717, 1.165) is 12.1 Å². The zero-order valence-corrected chi connectivity index (χ0v) is 18.0. The molecule has 0 aliphatic carbocycles. The number of carbonyl (C=O) groups is 2. The van der Waals surface area contributed by atoms with E-state index in [0.29, 0.717) is 25.2 Å². The minimum absolute atomic E-state index is 0.0807. The molecular weight excluding hydrogens is 402 g/mol. The summed E-state index contributed by atoms with van der Waals surface area (Å²) in [5, 5.41) is 2.78. The first-order chi connectivity index (χ1) is 14.3. The van der Waals surface area contributed by atoms with E-state index in [2.05, 4.69) is 17.0 Å². The van der Waals surface area contributed by atoms with Crippen LogP contribution in [0.15, 0.2) is 53.4 Å². The molecular formula is C22H27N3O4S. The van der Waals surface area contributed by atoms with Crippen LogP contribution in [0.2, 0.25) is 0 Å². The summed E-state index contributed by atoms with van der Waals surface area (Å²) in [5.41, 5.74) is 2.48. The molecule has 8 heteroatoms. The predicted octanol–water partition coefficient (Wildman–Crippen LogP) is 2.93. The van der Waals surface area contributed by atoms with Crippen molar-refractivity contribution in [3.05, 3.63) is 54.1 Å². The third kappa shape index (κ3) is 5.06. The molecule has 2 amide bonds.